The molecule has 1 aliphatic rings. The predicted molar refractivity (Wildman–Crippen MR) is 86.7 cm³/mol. The summed E-state index contributed by atoms with van der Waals surface area (Å²) in [5.74, 6) is -0.363. The molecule has 0 aromatic carbocycles. The number of carbonyl (C=O) groups is 1. The molecule has 1 atom stereocenters. The molecule has 1 saturated heterocycles. The van der Waals surface area contributed by atoms with E-state index in [0.717, 1.165) is 21.8 Å². The molecule has 1 aliphatic heterocycles. The lowest BCUT2D eigenvalue weighted by Gasteiger charge is -2.25. The van der Waals surface area contributed by atoms with Crippen LogP contribution in [0.5, 0.6) is 0 Å². The molecule has 3 rings (SSSR count). The van der Waals surface area contributed by atoms with Crippen molar-refractivity contribution >= 4 is 22.8 Å². The summed E-state index contributed by atoms with van der Waals surface area (Å²) in [5, 5.41) is 0.890. The van der Waals surface area contributed by atoms with Gasteiger partial charge < -0.3 is 14.8 Å². The molecule has 0 saturated carbocycles. The first-order valence-corrected chi connectivity index (χ1v) is 6.66. The Hall–Kier alpha value is -2.25. The van der Waals surface area contributed by atoms with E-state index >= 15 is 0 Å². The number of fused-ring (bicyclic) bond motifs is 1. The lowest BCUT2D eigenvalue weighted by atomic mass is 10.2. The maximum Gasteiger partial charge on any atom is 0.315 e. The number of hydrogen-bond donors (Lipinski definition) is 1. The van der Waals surface area contributed by atoms with Crippen LogP contribution in [0.4, 0.5) is 14.6 Å². The van der Waals surface area contributed by atoms with Crippen LogP contribution >= 0.6 is 0 Å². The van der Waals surface area contributed by atoms with Crippen LogP contribution in [0.2, 0.25) is 0 Å². The third-order valence-electron chi connectivity index (χ3n) is 3.88. The van der Waals surface area contributed by atoms with Gasteiger partial charge in [-0.3, -0.25) is 4.79 Å². The number of aromatic amines is 1. The van der Waals surface area contributed by atoms with E-state index in [4.69, 9.17) is 0 Å². The molecule has 23 heavy (non-hydrogen) atoms. The van der Waals surface area contributed by atoms with Crippen LogP contribution in [0.25, 0.3) is 11.0 Å². The lowest BCUT2D eigenvalue weighted by molar-refractivity contribution is -0.143. The summed E-state index contributed by atoms with van der Waals surface area (Å²) in [7, 11) is 1.43. The van der Waals surface area contributed by atoms with Gasteiger partial charge in [0.2, 0.25) is 0 Å². The maximum atomic E-state index is 12.5. The number of carbonyl (C=O) groups excluding carboxylic acids is 1. The molecule has 2 aromatic rings. The number of amides is 1. The number of halogens is 2. The summed E-state index contributed by atoms with van der Waals surface area (Å²) >= 11 is 0. The SMILES string of the molecule is C.C.CN(C(=O)C(F)F)[C@@H]1CCN(c2ncnc3[nH]ccc23)C1. The molecule has 0 aliphatic carbocycles. The normalized spacial score (nSPS) is 17.0. The number of anilines is 1. The Kier molecular flexibility index (Phi) is 6.00. The second-order valence-corrected chi connectivity index (χ2v) is 5.08. The third kappa shape index (κ3) is 3.40. The molecule has 0 bridgehead atoms. The molecule has 1 amide bonds. The summed E-state index contributed by atoms with van der Waals surface area (Å²) in [6.45, 7) is 1.16. The van der Waals surface area contributed by atoms with E-state index in [0.29, 0.717) is 19.5 Å². The maximum absolute atomic E-state index is 12.5. The Labute approximate surface area is 134 Å². The van der Waals surface area contributed by atoms with E-state index < -0.39 is 12.3 Å². The Balaban J connectivity index is 0.00000132. The number of aromatic nitrogens is 3. The molecule has 0 unspecified atom stereocenters. The van der Waals surface area contributed by atoms with Crippen LogP contribution in [0.1, 0.15) is 21.3 Å². The molecular formula is C15H23F2N5O. The summed E-state index contributed by atoms with van der Waals surface area (Å²) < 4.78 is 25.0. The van der Waals surface area contributed by atoms with Crippen molar-refractivity contribution in [3.8, 4) is 0 Å². The van der Waals surface area contributed by atoms with Crippen molar-refractivity contribution < 1.29 is 13.6 Å². The number of likely N-dealkylation sites (N-methyl/N-ethyl adjacent to an activating group) is 1. The van der Waals surface area contributed by atoms with E-state index in [2.05, 4.69) is 15.0 Å². The van der Waals surface area contributed by atoms with Crippen LogP contribution in [-0.2, 0) is 4.79 Å². The van der Waals surface area contributed by atoms with Gasteiger partial charge in [0, 0.05) is 26.3 Å². The number of hydrogen-bond acceptors (Lipinski definition) is 4. The second-order valence-electron chi connectivity index (χ2n) is 5.08. The van der Waals surface area contributed by atoms with E-state index in [1.165, 1.54) is 13.4 Å². The fraction of sp³-hybridized carbons (Fsp3) is 0.533. The monoisotopic (exact) mass is 327 g/mol. The molecule has 0 spiro atoms. The largest absolute Gasteiger partial charge is 0.354 e. The fourth-order valence-corrected chi connectivity index (χ4v) is 2.69. The molecule has 1 fully saturated rings. The average molecular weight is 327 g/mol. The molecular weight excluding hydrogens is 304 g/mol. The standard InChI is InChI=1S/C13H15F2N5O.2CH4/c1-19(13(21)10(14)15)8-3-5-20(6-8)12-9-2-4-16-11(9)17-7-18-12;;/h2,4,7-8,10H,3,5-6H2,1H3,(H,16,17,18);2*1H4/t8-;;/m1../s1. The molecule has 2 aromatic heterocycles. The van der Waals surface area contributed by atoms with Crippen LogP contribution in [0, 0.1) is 0 Å². The van der Waals surface area contributed by atoms with Crippen molar-refractivity contribution in [2.45, 2.75) is 33.7 Å². The van der Waals surface area contributed by atoms with Gasteiger partial charge in [-0.25, -0.2) is 9.97 Å². The topological polar surface area (TPSA) is 65.1 Å². The van der Waals surface area contributed by atoms with Crippen molar-refractivity contribution in [1.29, 1.82) is 0 Å². The second kappa shape index (κ2) is 7.34. The molecule has 3 heterocycles. The quantitative estimate of drug-likeness (QED) is 0.941. The van der Waals surface area contributed by atoms with Gasteiger partial charge >= 0.3 is 6.43 Å². The summed E-state index contributed by atoms with van der Waals surface area (Å²) in [6, 6.07) is 1.65. The van der Waals surface area contributed by atoms with Gasteiger partial charge in [0.15, 0.2) is 0 Å². The number of nitrogens with zero attached hydrogens (tertiary/aromatic N) is 4. The smallest absolute Gasteiger partial charge is 0.315 e. The Bertz CT molecular complexity index is 660. The van der Waals surface area contributed by atoms with E-state index in [1.54, 1.807) is 6.20 Å². The highest BCUT2D eigenvalue weighted by atomic mass is 19.3. The lowest BCUT2D eigenvalue weighted by Crippen LogP contribution is -2.42. The highest BCUT2D eigenvalue weighted by Crippen LogP contribution is 2.27. The van der Waals surface area contributed by atoms with Gasteiger partial charge in [-0.05, 0) is 12.5 Å². The van der Waals surface area contributed by atoms with Gasteiger partial charge in [-0.1, -0.05) is 14.9 Å². The van der Waals surface area contributed by atoms with Gasteiger partial charge in [0.1, 0.15) is 17.8 Å². The summed E-state index contributed by atoms with van der Waals surface area (Å²) in [6.07, 6.45) is 0.933. The molecule has 128 valence electrons. The van der Waals surface area contributed by atoms with Gasteiger partial charge in [-0.15, -0.1) is 0 Å². The third-order valence-corrected chi connectivity index (χ3v) is 3.88. The van der Waals surface area contributed by atoms with Crippen LogP contribution < -0.4 is 4.90 Å². The number of nitrogens with one attached hydrogen (secondary N) is 1. The first-order valence-electron chi connectivity index (χ1n) is 6.66. The number of alkyl halides is 2. The fourth-order valence-electron chi connectivity index (χ4n) is 2.69. The Morgan fingerprint density at radius 2 is 2.17 bits per heavy atom. The van der Waals surface area contributed by atoms with E-state index in [1.807, 2.05) is 11.0 Å². The van der Waals surface area contributed by atoms with Gasteiger partial charge in [-0.2, -0.15) is 8.78 Å². The Morgan fingerprint density at radius 1 is 1.43 bits per heavy atom. The Morgan fingerprint density at radius 3 is 2.87 bits per heavy atom. The van der Waals surface area contributed by atoms with Crippen LogP contribution in [-0.4, -0.2) is 58.4 Å². The summed E-state index contributed by atoms with van der Waals surface area (Å²) in [4.78, 5) is 25.9. The van der Waals surface area contributed by atoms with Gasteiger partial charge in [0.05, 0.1) is 11.4 Å². The minimum atomic E-state index is -2.96. The van der Waals surface area contributed by atoms with Gasteiger partial charge in [0.25, 0.3) is 5.91 Å². The van der Waals surface area contributed by atoms with E-state index in [9.17, 15) is 13.6 Å². The van der Waals surface area contributed by atoms with Crippen molar-refractivity contribution in [3.63, 3.8) is 0 Å². The number of rotatable bonds is 3. The van der Waals surface area contributed by atoms with Crippen molar-refractivity contribution in [2.75, 3.05) is 25.0 Å². The summed E-state index contributed by atoms with van der Waals surface area (Å²) in [5.41, 5.74) is 0.737. The number of H-pyrrole nitrogens is 1. The average Bonchev–Trinajstić information content (AvgIpc) is 3.13. The molecule has 1 N–H and O–H groups in total. The first kappa shape index (κ1) is 18.8. The zero-order valence-corrected chi connectivity index (χ0v) is 11.5. The molecule has 8 heteroatoms. The van der Waals surface area contributed by atoms with Crippen LogP contribution in [0.15, 0.2) is 18.6 Å². The van der Waals surface area contributed by atoms with E-state index in [-0.39, 0.29) is 20.9 Å². The zero-order valence-electron chi connectivity index (χ0n) is 11.5. The first-order chi connectivity index (χ1) is 10.1. The zero-order chi connectivity index (χ0) is 15.0. The molecule has 0 radical (unpaired) electrons. The van der Waals surface area contributed by atoms with Crippen molar-refractivity contribution in [2.24, 2.45) is 0 Å². The predicted octanol–water partition coefficient (Wildman–Crippen LogP) is 2.53. The minimum absolute atomic E-state index is 0. The highest BCUT2D eigenvalue weighted by Gasteiger charge is 2.32. The minimum Gasteiger partial charge on any atom is -0.354 e. The van der Waals surface area contributed by atoms with Crippen molar-refractivity contribution in [3.05, 3.63) is 18.6 Å². The van der Waals surface area contributed by atoms with Crippen LogP contribution in [0.3, 0.4) is 0 Å². The highest BCUT2D eigenvalue weighted by molar-refractivity contribution is 5.87. The molecule has 6 nitrogen and oxygen atoms in total. The van der Waals surface area contributed by atoms with Crippen molar-refractivity contribution in [1.82, 2.24) is 19.9 Å².